The van der Waals surface area contributed by atoms with Crippen LogP contribution in [0.25, 0.3) is 0 Å². The standard InChI is InChI=1S/C11H11N/c12-11-7-6-9-4-2-1-3-5-10(9)8-11/h1-7H,8,12H2. The van der Waals surface area contributed by atoms with Gasteiger partial charge in [0.2, 0.25) is 0 Å². The zero-order valence-electron chi connectivity index (χ0n) is 6.83. The quantitative estimate of drug-likeness (QED) is 0.573. The molecule has 0 radical (unpaired) electrons. The molecule has 0 aromatic heterocycles. The molecule has 0 saturated carbocycles. The lowest BCUT2D eigenvalue weighted by molar-refractivity contribution is 1.08. The third kappa shape index (κ3) is 1.26. The summed E-state index contributed by atoms with van der Waals surface area (Å²) in [5.74, 6) is 0. The van der Waals surface area contributed by atoms with Gasteiger partial charge >= 0.3 is 0 Å². The van der Waals surface area contributed by atoms with Gasteiger partial charge in [-0.25, -0.2) is 0 Å². The number of fused-ring (bicyclic) bond motifs is 1. The van der Waals surface area contributed by atoms with Crippen LogP contribution in [-0.4, -0.2) is 0 Å². The van der Waals surface area contributed by atoms with E-state index < -0.39 is 0 Å². The highest BCUT2D eigenvalue weighted by Gasteiger charge is 2.07. The Morgan fingerprint density at radius 2 is 1.92 bits per heavy atom. The molecule has 0 atom stereocenters. The predicted molar refractivity (Wildman–Crippen MR) is 51.3 cm³/mol. The van der Waals surface area contributed by atoms with Crippen LogP contribution in [0.2, 0.25) is 0 Å². The SMILES string of the molecule is NC1=CC=C2C=CC=CC=C2C1. The van der Waals surface area contributed by atoms with Crippen LogP contribution in [0.5, 0.6) is 0 Å². The van der Waals surface area contributed by atoms with Gasteiger partial charge in [0.15, 0.2) is 0 Å². The van der Waals surface area contributed by atoms with Gasteiger partial charge in [0, 0.05) is 12.1 Å². The smallest absolute Gasteiger partial charge is 0.0127 e. The first-order chi connectivity index (χ1) is 5.86. The van der Waals surface area contributed by atoms with E-state index >= 15 is 0 Å². The Hall–Kier alpha value is -1.50. The molecule has 0 spiro atoms. The van der Waals surface area contributed by atoms with Gasteiger partial charge in [-0.2, -0.15) is 0 Å². The minimum atomic E-state index is 0.876. The van der Waals surface area contributed by atoms with Crippen molar-refractivity contribution in [1.82, 2.24) is 0 Å². The van der Waals surface area contributed by atoms with Gasteiger partial charge in [0.25, 0.3) is 0 Å². The summed E-state index contributed by atoms with van der Waals surface area (Å²) in [5.41, 5.74) is 9.24. The van der Waals surface area contributed by atoms with Crippen LogP contribution in [0.3, 0.4) is 0 Å². The number of hydrogen-bond acceptors (Lipinski definition) is 1. The number of rotatable bonds is 0. The number of hydrogen-bond donors (Lipinski definition) is 1. The molecule has 0 aliphatic heterocycles. The van der Waals surface area contributed by atoms with Crippen LogP contribution in [-0.2, 0) is 0 Å². The minimum Gasteiger partial charge on any atom is -0.402 e. The van der Waals surface area contributed by atoms with E-state index in [1.54, 1.807) is 0 Å². The van der Waals surface area contributed by atoms with Crippen molar-refractivity contribution < 1.29 is 0 Å². The van der Waals surface area contributed by atoms with Gasteiger partial charge in [-0.1, -0.05) is 36.5 Å². The molecule has 12 heavy (non-hydrogen) atoms. The Labute approximate surface area is 72.3 Å². The molecular weight excluding hydrogens is 146 g/mol. The van der Waals surface area contributed by atoms with Gasteiger partial charge < -0.3 is 5.73 Å². The second kappa shape index (κ2) is 2.86. The summed E-state index contributed by atoms with van der Waals surface area (Å²) in [7, 11) is 0. The van der Waals surface area contributed by atoms with Crippen molar-refractivity contribution in [1.29, 1.82) is 0 Å². The first-order valence-corrected chi connectivity index (χ1v) is 4.07. The van der Waals surface area contributed by atoms with Gasteiger partial charge in [0.1, 0.15) is 0 Å². The average molecular weight is 157 g/mol. The van der Waals surface area contributed by atoms with Crippen molar-refractivity contribution in [3.8, 4) is 0 Å². The Kier molecular flexibility index (Phi) is 1.71. The average Bonchev–Trinajstić information content (AvgIpc) is 2.28. The summed E-state index contributed by atoms with van der Waals surface area (Å²) in [4.78, 5) is 0. The molecule has 0 amide bonds. The van der Waals surface area contributed by atoms with Crippen LogP contribution in [0.4, 0.5) is 0 Å². The van der Waals surface area contributed by atoms with Crippen LogP contribution in [0, 0.1) is 0 Å². The Morgan fingerprint density at radius 3 is 2.83 bits per heavy atom. The monoisotopic (exact) mass is 157 g/mol. The number of allylic oxidation sites excluding steroid dienone is 9. The van der Waals surface area contributed by atoms with E-state index in [0.29, 0.717) is 0 Å². The zero-order chi connectivity index (χ0) is 8.39. The highest BCUT2D eigenvalue weighted by Crippen LogP contribution is 2.24. The van der Waals surface area contributed by atoms with Crippen LogP contribution >= 0.6 is 0 Å². The fourth-order valence-electron chi connectivity index (χ4n) is 1.40. The lowest BCUT2D eigenvalue weighted by atomic mass is 9.96. The normalized spacial score (nSPS) is 20.5. The maximum atomic E-state index is 5.72. The molecule has 60 valence electrons. The van der Waals surface area contributed by atoms with Gasteiger partial charge in [-0.05, 0) is 17.2 Å². The van der Waals surface area contributed by atoms with Crippen molar-refractivity contribution in [2.75, 3.05) is 0 Å². The first-order valence-electron chi connectivity index (χ1n) is 4.07. The number of nitrogens with two attached hydrogens (primary N) is 1. The van der Waals surface area contributed by atoms with Crippen molar-refractivity contribution >= 4 is 0 Å². The van der Waals surface area contributed by atoms with Crippen molar-refractivity contribution in [3.63, 3.8) is 0 Å². The molecule has 2 rings (SSSR count). The molecule has 1 heteroatoms. The summed E-state index contributed by atoms with van der Waals surface area (Å²) < 4.78 is 0. The molecule has 1 nitrogen and oxygen atoms in total. The van der Waals surface area contributed by atoms with Crippen LogP contribution in [0.15, 0.2) is 59.4 Å². The Balaban J connectivity index is 2.43. The van der Waals surface area contributed by atoms with Gasteiger partial charge in [0.05, 0.1) is 0 Å². The van der Waals surface area contributed by atoms with Crippen molar-refractivity contribution in [2.45, 2.75) is 6.42 Å². The highest BCUT2D eigenvalue weighted by atomic mass is 14.6. The maximum Gasteiger partial charge on any atom is 0.0127 e. The molecular formula is C11H11N. The third-order valence-electron chi connectivity index (χ3n) is 2.04. The molecule has 0 aromatic carbocycles. The maximum absolute atomic E-state index is 5.72. The van der Waals surface area contributed by atoms with E-state index in [-0.39, 0.29) is 0 Å². The van der Waals surface area contributed by atoms with E-state index in [1.165, 1.54) is 11.1 Å². The van der Waals surface area contributed by atoms with Crippen LogP contribution < -0.4 is 5.73 Å². The molecule has 0 saturated heterocycles. The van der Waals surface area contributed by atoms with Crippen molar-refractivity contribution in [2.24, 2.45) is 5.73 Å². The third-order valence-corrected chi connectivity index (χ3v) is 2.04. The summed E-state index contributed by atoms with van der Waals surface area (Å²) in [6.45, 7) is 0. The van der Waals surface area contributed by atoms with E-state index in [1.807, 2.05) is 24.3 Å². The van der Waals surface area contributed by atoms with E-state index in [9.17, 15) is 0 Å². The molecule has 0 fully saturated rings. The second-order valence-electron chi connectivity index (χ2n) is 2.98. The predicted octanol–water partition coefficient (Wildman–Crippen LogP) is 2.21. The molecule has 0 unspecified atom stereocenters. The topological polar surface area (TPSA) is 26.0 Å². The molecule has 0 bridgehead atoms. The highest BCUT2D eigenvalue weighted by molar-refractivity contribution is 5.51. The van der Waals surface area contributed by atoms with Crippen LogP contribution in [0.1, 0.15) is 6.42 Å². The second-order valence-corrected chi connectivity index (χ2v) is 2.98. The van der Waals surface area contributed by atoms with E-state index in [4.69, 9.17) is 5.73 Å². The summed E-state index contributed by atoms with van der Waals surface area (Å²) in [6, 6.07) is 0. The lowest BCUT2D eigenvalue weighted by Gasteiger charge is -2.11. The minimum absolute atomic E-state index is 0.876. The Morgan fingerprint density at radius 1 is 1.00 bits per heavy atom. The molecule has 2 aliphatic rings. The molecule has 0 heterocycles. The Bertz CT molecular complexity index is 338. The molecule has 2 aliphatic carbocycles. The van der Waals surface area contributed by atoms with Crippen molar-refractivity contribution in [3.05, 3.63) is 59.4 Å². The lowest BCUT2D eigenvalue weighted by Crippen LogP contribution is -2.03. The fourth-order valence-corrected chi connectivity index (χ4v) is 1.40. The fraction of sp³-hybridized carbons (Fsp3) is 0.0909. The van der Waals surface area contributed by atoms with E-state index in [0.717, 1.165) is 12.1 Å². The summed E-state index contributed by atoms with van der Waals surface area (Å²) in [6.07, 6.45) is 15.3. The molecule has 2 N–H and O–H groups in total. The summed E-state index contributed by atoms with van der Waals surface area (Å²) in [5, 5.41) is 0. The van der Waals surface area contributed by atoms with Gasteiger partial charge in [-0.15, -0.1) is 0 Å². The van der Waals surface area contributed by atoms with Gasteiger partial charge in [-0.3, -0.25) is 0 Å². The summed E-state index contributed by atoms with van der Waals surface area (Å²) >= 11 is 0. The largest absolute Gasteiger partial charge is 0.402 e. The molecule has 0 aromatic rings. The van der Waals surface area contributed by atoms with E-state index in [2.05, 4.69) is 18.2 Å². The zero-order valence-corrected chi connectivity index (χ0v) is 6.83. The first kappa shape index (κ1) is 7.17.